The molecule has 1 atom stereocenters. The van der Waals surface area contributed by atoms with Crippen molar-refractivity contribution in [1.82, 2.24) is 0 Å². The zero-order valence-electron chi connectivity index (χ0n) is 10.2. The maximum Gasteiger partial charge on any atom is 0.360 e. The lowest BCUT2D eigenvalue weighted by Gasteiger charge is -2.23. The van der Waals surface area contributed by atoms with Gasteiger partial charge in [0.25, 0.3) is 0 Å². The second-order valence-electron chi connectivity index (χ2n) is 4.68. The lowest BCUT2D eigenvalue weighted by atomic mass is 10.1. The van der Waals surface area contributed by atoms with Crippen LogP contribution in [0.4, 0.5) is 5.69 Å². The molecule has 2 heterocycles. The van der Waals surface area contributed by atoms with Gasteiger partial charge in [-0.05, 0) is 31.4 Å². The Morgan fingerprint density at radius 3 is 2.89 bits per heavy atom. The molecule has 1 aromatic heterocycles. The van der Waals surface area contributed by atoms with E-state index in [9.17, 15) is 9.90 Å². The van der Waals surface area contributed by atoms with E-state index in [-0.39, 0.29) is 5.63 Å². The van der Waals surface area contributed by atoms with Gasteiger partial charge in [-0.15, -0.1) is 0 Å². The molecule has 0 radical (unpaired) electrons. The molecule has 1 N–H and O–H groups in total. The summed E-state index contributed by atoms with van der Waals surface area (Å²) in [6.07, 6.45) is 1.02. The largest absolute Gasteiger partial charge is 0.421 e. The van der Waals surface area contributed by atoms with Crippen molar-refractivity contribution in [3.63, 3.8) is 0 Å². The zero-order chi connectivity index (χ0) is 12.7. The molecule has 4 nitrogen and oxygen atoms in total. The molecule has 0 aliphatic carbocycles. The Hall–Kier alpha value is -1.81. The molecule has 1 aliphatic rings. The third kappa shape index (κ3) is 1.61. The fourth-order valence-corrected chi connectivity index (χ4v) is 2.64. The highest BCUT2D eigenvalue weighted by molar-refractivity contribution is 5.84. The van der Waals surface area contributed by atoms with Crippen LogP contribution < -0.4 is 10.5 Å². The molecule has 0 amide bonds. The predicted molar refractivity (Wildman–Crippen MR) is 69.8 cm³/mol. The van der Waals surface area contributed by atoms with Crippen molar-refractivity contribution in [2.24, 2.45) is 0 Å². The van der Waals surface area contributed by atoms with E-state index >= 15 is 0 Å². The van der Waals surface area contributed by atoms with Gasteiger partial charge in [-0.25, -0.2) is 4.79 Å². The van der Waals surface area contributed by atoms with Crippen LogP contribution in [0.25, 0.3) is 11.0 Å². The van der Waals surface area contributed by atoms with Crippen LogP contribution in [-0.4, -0.2) is 17.9 Å². The van der Waals surface area contributed by atoms with Gasteiger partial charge in [-0.2, -0.15) is 0 Å². The zero-order valence-corrected chi connectivity index (χ0v) is 10.2. The molecule has 1 aliphatic heterocycles. The Morgan fingerprint density at radius 2 is 2.17 bits per heavy atom. The topological polar surface area (TPSA) is 53.7 Å². The van der Waals surface area contributed by atoms with Gasteiger partial charge in [0, 0.05) is 11.9 Å². The molecule has 18 heavy (non-hydrogen) atoms. The summed E-state index contributed by atoms with van der Waals surface area (Å²) >= 11 is 0. The number of hydrogen-bond donors (Lipinski definition) is 1. The predicted octanol–water partition coefficient (Wildman–Crippen LogP) is 2.02. The van der Waals surface area contributed by atoms with Gasteiger partial charge in [-0.1, -0.05) is 18.2 Å². The monoisotopic (exact) mass is 245 g/mol. The van der Waals surface area contributed by atoms with Gasteiger partial charge in [0.2, 0.25) is 0 Å². The van der Waals surface area contributed by atoms with E-state index in [2.05, 4.69) is 0 Å². The van der Waals surface area contributed by atoms with E-state index in [1.165, 1.54) is 0 Å². The summed E-state index contributed by atoms with van der Waals surface area (Å²) < 4.78 is 5.33. The molecular formula is C14H15NO3. The van der Waals surface area contributed by atoms with Crippen molar-refractivity contribution >= 4 is 16.7 Å². The van der Waals surface area contributed by atoms with Crippen molar-refractivity contribution in [3.8, 4) is 0 Å². The van der Waals surface area contributed by atoms with E-state index in [1.807, 2.05) is 25.1 Å². The number of hydrogen-bond acceptors (Lipinski definition) is 4. The summed E-state index contributed by atoms with van der Waals surface area (Å²) in [5, 5.41) is 10.8. The van der Waals surface area contributed by atoms with Crippen molar-refractivity contribution in [1.29, 1.82) is 0 Å². The minimum Gasteiger partial charge on any atom is -0.421 e. The highest BCUT2D eigenvalue weighted by Crippen LogP contribution is 2.28. The summed E-state index contributed by atoms with van der Waals surface area (Å²) in [7, 11) is 0. The fraction of sp³-hybridized carbons (Fsp3) is 0.357. The van der Waals surface area contributed by atoms with Crippen LogP contribution in [0.15, 0.2) is 33.5 Å². The summed E-state index contributed by atoms with van der Waals surface area (Å²) in [5.74, 6) is 0. The minimum absolute atomic E-state index is 0.368. The molecule has 2 aromatic rings. The van der Waals surface area contributed by atoms with E-state index in [1.54, 1.807) is 11.0 Å². The highest BCUT2D eigenvalue weighted by Gasteiger charge is 2.27. The molecule has 1 aromatic carbocycles. The Labute approximate surface area is 104 Å². The number of aliphatic hydroxyl groups excluding tert-OH is 1. The summed E-state index contributed by atoms with van der Waals surface area (Å²) in [6.45, 7) is 2.60. The normalized spacial score (nSPS) is 19.7. The van der Waals surface area contributed by atoms with E-state index in [4.69, 9.17) is 4.42 Å². The van der Waals surface area contributed by atoms with Crippen LogP contribution in [0.2, 0.25) is 0 Å². The number of rotatable bonds is 1. The number of benzene rings is 1. The summed E-state index contributed by atoms with van der Waals surface area (Å²) in [6, 6.07) is 7.47. The summed E-state index contributed by atoms with van der Waals surface area (Å²) in [4.78, 5) is 13.8. The Bertz CT molecular complexity index is 647. The standard InChI is InChI=1S/C14H15NO3/c1-9-10-5-2-3-6-11(10)18-14(17)13(9)15-8-4-7-12(15)16/h2-3,5-6,12,16H,4,7-8H2,1H3. The first-order valence-electron chi connectivity index (χ1n) is 6.15. The first-order valence-corrected chi connectivity index (χ1v) is 6.15. The molecule has 1 unspecified atom stereocenters. The first-order chi connectivity index (χ1) is 8.68. The third-order valence-corrected chi connectivity index (χ3v) is 3.55. The second kappa shape index (κ2) is 4.14. The molecule has 94 valence electrons. The molecule has 0 spiro atoms. The Balaban J connectivity index is 2.26. The third-order valence-electron chi connectivity index (χ3n) is 3.55. The summed E-state index contributed by atoms with van der Waals surface area (Å²) in [5.41, 5.74) is 1.60. The lowest BCUT2D eigenvalue weighted by molar-refractivity contribution is 0.185. The van der Waals surface area contributed by atoms with Gasteiger partial charge in [0.15, 0.2) is 0 Å². The van der Waals surface area contributed by atoms with E-state index in [0.717, 1.165) is 17.4 Å². The lowest BCUT2D eigenvalue weighted by Crippen LogP contribution is -2.33. The van der Waals surface area contributed by atoms with Gasteiger partial charge in [0.1, 0.15) is 17.5 Å². The smallest absolute Gasteiger partial charge is 0.360 e. The average molecular weight is 245 g/mol. The van der Waals surface area contributed by atoms with Gasteiger partial charge in [0.05, 0.1) is 0 Å². The highest BCUT2D eigenvalue weighted by atomic mass is 16.4. The molecular weight excluding hydrogens is 230 g/mol. The van der Waals surface area contributed by atoms with Gasteiger partial charge in [-0.3, -0.25) is 0 Å². The fourth-order valence-electron chi connectivity index (χ4n) is 2.64. The first kappa shape index (κ1) is 11.3. The molecule has 0 saturated carbocycles. The number of aryl methyl sites for hydroxylation is 1. The van der Waals surface area contributed by atoms with Crippen molar-refractivity contribution in [3.05, 3.63) is 40.2 Å². The van der Waals surface area contributed by atoms with Crippen molar-refractivity contribution < 1.29 is 9.52 Å². The van der Waals surface area contributed by atoms with Crippen molar-refractivity contribution in [2.45, 2.75) is 26.0 Å². The van der Waals surface area contributed by atoms with Gasteiger partial charge >= 0.3 is 5.63 Å². The number of aliphatic hydroxyl groups is 1. The molecule has 1 fully saturated rings. The number of fused-ring (bicyclic) bond motifs is 1. The minimum atomic E-state index is -0.576. The Morgan fingerprint density at radius 1 is 1.39 bits per heavy atom. The molecule has 4 heteroatoms. The van der Waals surface area contributed by atoms with Crippen molar-refractivity contribution in [2.75, 3.05) is 11.4 Å². The molecule has 3 rings (SSSR count). The van der Waals surface area contributed by atoms with Crippen LogP contribution >= 0.6 is 0 Å². The van der Waals surface area contributed by atoms with Crippen LogP contribution in [-0.2, 0) is 0 Å². The number of nitrogens with zero attached hydrogens (tertiary/aromatic N) is 1. The van der Waals surface area contributed by atoms with Crippen LogP contribution in [0.5, 0.6) is 0 Å². The number of para-hydroxylation sites is 1. The maximum absolute atomic E-state index is 12.1. The van der Waals surface area contributed by atoms with Crippen LogP contribution in [0.1, 0.15) is 18.4 Å². The molecule has 0 bridgehead atoms. The van der Waals surface area contributed by atoms with Crippen LogP contribution in [0, 0.1) is 6.92 Å². The average Bonchev–Trinajstić information content (AvgIpc) is 2.76. The second-order valence-corrected chi connectivity index (χ2v) is 4.68. The van der Waals surface area contributed by atoms with Crippen LogP contribution in [0.3, 0.4) is 0 Å². The molecule has 1 saturated heterocycles. The quantitative estimate of drug-likeness (QED) is 0.781. The number of anilines is 1. The maximum atomic E-state index is 12.1. The van der Waals surface area contributed by atoms with Gasteiger partial charge < -0.3 is 14.4 Å². The van der Waals surface area contributed by atoms with E-state index in [0.29, 0.717) is 24.2 Å². The van der Waals surface area contributed by atoms with E-state index < -0.39 is 6.23 Å². The Kier molecular flexibility index (Phi) is 2.59. The SMILES string of the molecule is Cc1c(N2CCCC2O)c(=O)oc2ccccc12.